The van der Waals surface area contributed by atoms with Crippen molar-refractivity contribution in [1.82, 2.24) is 10.2 Å². The highest BCUT2D eigenvalue weighted by molar-refractivity contribution is 5.86. The molecule has 1 heterocycles. The second-order valence-electron chi connectivity index (χ2n) is 5.46. The topological polar surface area (TPSA) is 67.6 Å². The molecular weight excluding hydrogens is 230 g/mol. The van der Waals surface area contributed by atoms with Gasteiger partial charge in [-0.1, -0.05) is 19.8 Å². The van der Waals surface area contributed by atoms with E-state index in [1.807, 2.05) is 0 Å². The van der Waals surface area contributed by atoms with Crippen LogP contribution in [0.3, 0.4) is 0 Å². The zero-order chi connectivity index (χ0) is 13.0. The molecule has 1 aliphatic heterocycles. The molecule has 0 aromatic rings. The van der Waals surface area contributed by atoms with E-state index >= 15 is 0 Å². The maximum Gasteiger partial charge on any atom is 0.240 e. The van der Waals surface area contributed by atoms with Gasteiger partial charge in [0, 0.05) is 19.6 Å². The lowest BCUT2D eigenvalue weighted by atomic mass is 9.98. The first-order chi connectivity index (χ1) is 8.64. The molecule has 1 saturated carbocycles. The van der Waals surface area contributed by atoms with Gasteiger partial charge in [-0.05, 0) is 19.4 Å². The van der Waals surface area contributed by atoms with E-state index in [1.54, 1.807) is 0 Å². The molecule has 104 valence electrons. The fraction of sp³-hybridized carbons (Fsp3) is 0.923. The molecule has 18 heavy (non-hydrogen) atoms. The molecule has 2 rings (SSSR count). The molecule has 2 aliphatic rings. The summed E-state index contributed by atoms with van der Waals surface area (Å²) in [6, 6.07) is 0. The van der Waals surface area contributed by atoms with Gasteiger partial charge in [-0.25, -0.2) is 0 Å². The number of carbonyl (C=O) groups excluding carboxylic acids is 1. The monoisotopic (exact) mass is 255 g/mol. The van der Waals surface area contributed by atoms with E-state index in [2.05, 4.69) is 17.1 Å². The van der Waals surface area contributed by atoms with Crippen LogP contribution in [0.1, 0.15) is 32.6 Å². The molecule has 0 aromatic heterocycles. The van der Waals surface area contributed by atoms with Crippen LogP contribution in [-0.4, -0.2) is 55.2 Å². The number of rotatable bonds is 4. The van der Waals surface area contributed by atoms with E-state index in [-0.39, 0.29) is 12.0 Å². The van der Waals surface area contributed by atoms with Crippen molar-refractivity contribution >= 4 is 5.91 Å². The lowest BCUT2D eigenvalue weighted by Gasteiger charge is -2.33. The van der Waals surface area contributed by atoms with E-state index in [0.717, 1.165) is 51.9 Å². The Morgan fingerprint density at radius 1 is 1.50 bits per heavy atom. The largest absolute Gasteiger partial charge is 0.374 e. The molecule has 1 saturated heterocycles. The van der Waals surface area contributed by atoms with Gasteiger partial charge in [0.1, 0.15) is 0 Å². The van der Waals surface area contributed by atoms with E-state index < -0.39 is 5.54 Å². The minimum absolute atomic E-state index is 0.00257. The molecule has 2 fully saturated rings. The van der Waals surface area contributed by atoms with Crippen molar-refractivity contribution in [3.8, 4) is 0 Å². The van der Waals surface area contributed by atoms with Crippen LogP contribution in [0.4, 0.5) is 0 Å². The van der Waals surface area contributed by atoms with Gasteiger partial charge in [0.25, 0.3) is 0 Å². The number of ether oxygens (including phenoxy) is 1. The second kappa shape index (κ2) is 5.99. The SMILES string of the molecule is CCN1CCOC(CNC(=O)C2(N)CCCC2)C1. The van der Waals surface area contributed by atoms with Gasteiger partial charge in [-0.15, -0.1) is 0 Å². The number of nitrogens with one attached hydrogen (secondary N) is 1. The minimum atomic E-state index is -0.626. The Morgan fingerprint density at radius 2 is 2.22 bits per heavy atom. The van der Waals surface area contributed by atoms with Gasteiger partial charge in [-0.3, -0.25) is 9.69 Å². The molecule has 1 amide bonds. The maximum absolute atomic E-state index is 12.1. The van der Waals surface area contributed by atoms with Gasteiger partial charge in [0.15, 0.2) is 0 Å². The molecule has 1 unspecified atom stereocenters. The van der Waals surface area contributed by atoms with Gasteiger partial charge in [-0.2, -0.15) is 0 Å². The average molecular weight is 255 g/mol. The fourth-order valence-corrected chi connectivity index (χ4v) is 2.81. The molecular formula is C13H25N3O2. The van der Waals surface area contributed by atoms with Crippen LogP contribution in [0, 0.1) is 0 Å². The molecule has 5 heteroatoms. The zero-order valence-corrected chi connectivity index (χ0v) is 11.3. The predicted molar refractivity (Wildman–Crippen MR) is 70.3 cm³/mol. The fourth-order valence-electron chi connectivity index (χ4n) is 2.81. The molecule has 0 radical (unpaired) electrons. The first kappa shape index (κ1) is 13.8. The maximum atomic E-state index is 12.1. The number of morpholine rings is 1. The van der Waals surface area contributed by atoms with E-state index in [0.29, 0.717) is 6.54 Å². The van der Waals surface area contributed by atoms with Crippen molar-refractivity contribution < 1.29 is 9.53 Å². The van der Waals surface area contributed by atoms with Gasteiger partial charge < -0.3 is 15.8 Å². The summed E-state index contributed by atoms with van der Waals surface area (Å²) in [6.45, 7) is 6.40. The lowest BCUT2D eigenvalue weighted by Crippen LogP contribution is -2.55. The Hall–Kier alpha value is -0.650. The molecule has 0 bridgehead atoms. The lowest BCUT2D eigenvalue weighted by molar-refractivity contribution is -0.127. The van der Waals surface area contributed by atoms with Crippen LogP contribution in [0.2, 0.25) is 0 Å². The summed E-state index contributed by atoms with van der Waals surface area (Å²) < 4.78 is 5.66. The highest BCUT2D eigenvalue weighted by atomic mass is 16.5. The van der Waals surface area contributed by atoms with E-state index in [9.17, 15) is 4.79 Å². The Kier molecular flexibility index (Phi) is 4.59. The molecule has 1 atom stereocenters. The predicted octanol–water partition coefficient (Wildman–Crippen LogP) is 0.0948. The Balaban J connectivity index is 1.75. The summed E-state index contributed by atoms with van der Waals surface area (Å²) in [4.78, 5) is 14.4. The van der Waals surface area contributed by atoms with Crippen LogP contribution >= 0.6 is 0 Å². The zero-order valence-electron chi connectivity index (χ0n) is 11.3. The molecule has 3 N–H and O–H groups in total. The van der Waals surface area contributed by atoms with Crippen LogP contribution in [0.15, 0.2) is 0 Å². The Morgan fingerprint density at radius 3 is 2.89 bits per heavy atom. The number of hydrogen-bond acceptors (Lipinski definition) is 4. The van der Waals surface area contributed by atoms with E-state index in [1.165, 1.54) is 0 Å². The Bertz CT molecular complexity index is 290. The van der Waals surface area contributed by atoms with Crippen molar-refractivity contribution in [2.24, 2.45) is 5.73 Å². The first-order valence-electron chi connectivity index (χ1n) is 7.05. The molecule has 1 aliphatic carbocycles. The van der Waals surface area contributed by atoms with Crippen molar-refractivity contribution in [1.29, 1.82) is 0 Å². The van der Waals surface area contributed by atoms with Crippen LogP contribution in [-0.2, 0) is 9.53 Å². The number of amides is 1. The first-order valence-corrected chi connectivity index (χ1v) is 7.05. The number of likely N-dealkylation sites (N-methyl/N-ethyl adjacent to an activating group) is 1. The standard InChI is InChI=1S/C13H25N3O2/c1-2-16-7-8-18-11(10-16)9-15-12(17)13(14)5-3-4-6-13/h11H,2-10,14H2,1H3,(H,15,17). The number of hydrogen-bond donors (Lipinski definition) is 2. The summed E-state index contributed by atoms with van der Waals surface area (Å²) in [5.41, 5.74) is 5.48. The highest BCUT2D eigenvalue weighted by Gasteiger charge is 2.37. The molecule has 5 nitrogen and oxygen atoms in total. The third-order valence-electron chi connectivity index (χ3n) is 4.11. The van der Waals surface area contributed by atoms with Gasteiger partial charge >= 0.3 is 0 Å². The summed E-state index contributed by atoms with van der Waals surface area (Å²) in [5.74, 6) is -0.00257. The summed E-state index contributed by atoms with van der Waals surface area (Å²) in [5, 5.41) is 2.96. The van der Waals surface area contributed by atoms with Crippen LogP contribution in [0.25, 0.3) is 0 Å². The molecule has 0 spiro atoms. The normalized spacial score (nSPS) is 28.2. The summed E-state index contributed by atoms with van der Waals surface area (Å²) in [7, 11) is 0. The third kappa shape index (κ3) is 3.22. The van der Waals surface area contributed by atoms with Gasteiger partial charge in [0.2, 0.25) is 5.91 Å². The minimum Gasteiger partial charge on any atom is -0.374 e. The average Bonchev–Trinajstić information content (AvgIpc) is 2.84. The summed E-state index contributed by atoms with van der Waals surface area (Å²) >= 11 is 0. The van der Waals surface area contributed by atoms with Crippen molar-refractivity contribution in [2.45, 2.75) is 44.2 Å². The van der Waals surface area contributed by atoms with Crippen molar-refractivity contribution in [3.63, 3.8) is 0 Å². The summed E-state index contributed by atoms with van der Waals surface area (Å²) in [6.07, 6.45) is 3.85. The van der Waals surface area contributed by atoms with Crippen LogP contribution < -0.4 is 11.1 Å². The van der Waals surface area contributed by atoms with Crippen LogP contribution in [0.5, 0.6) is 0 Å². The van der Waals surface area contributed by atoms with Gasteiger partial charge in [0.05, 0.1) is 18.2 Å². The van der Waals surface area contributed by atoms with Crippen molar-refractivity contribution in [2.75, 3.05) is 32.8 Å². The smallest absolute Gasteiger partial charge is 0.240 e. The number of nitrogens with zero attached hydrogens (tertiary/aromatic N) is 1. The van der Waals surface area contributed by atoms with E-state index in [4.69, 9.17) is 10.5 Å². The second-order valence-corrected chi connectivity index (χ2v) is 5.46. The number of nitrogens with two attached hydrogens (primary N) is 1. The number of carbonyl (C=O) groups is 1. The Labute approximate surface area is 109 Å². The third-order valence-corrected chi connectivity index (χ3v) is 4.11. The quantitative estimate of drug-likeness (QED) is 0.747. The molecule has 0 aromatic carbocycles. The van der Waals surface area contributed by atoms with Crippen molar-refractivity contribution in [3.05, 3.63) is 0 Å². The highest BCUT2D eigenvalue weighted by Crippen LogP contribution is 2.27.